The van der Waals surface area contributed by atoms with Gasteiger partial charge < -0.3 is 10.6 Å². The molecule has 0 radical (unpaired) electrons. The minimum absolute atomic E-state index is 0.305. The lowest BCUT2D eigenvalue weighted by molar-refractivity contribution is -0.112. The number of hydrogen-bond donors (Lipinski definition) is 1. The average molecular weight is 283 g/mol. The number of oxime groups is 1. The number of carbonyl (C=O) groups excluding carboxylic acids is 1. The van der Waals surface area contributed by atoms with Gasteiger partial charge in [0, 0.05) is 6.42 Å². The Kier molecular flexibility index (Phi) is 3.17. The summed E-state index contributed by atoms with van der Waals surface area (Å²) in [6, 6.07) is 12.4. The summed E-state index contributed by atoms with van der Waals surface area (Å²) in [4.78, 5) is 16.7. The SMILES string of the molecule is N#CC1(c2ccccc2)CCC2(CC1)CC(C(N)=O)=NO2. The first-order valence-corrected chi connectivity index (χ1v) is 7.11. The summed E-state index contributed by atoms with van der Waals surface area (Å²) in [6.45, 7) is 0. The van der Waals surface area contributed by atoms with Gasteiger partial charge in [0.05, 0.1) is 11.5 Å². The van der Waals surface area contributed by atoms with E-state index in [2.05, 4.69) is 11.2 Å². The number of rotatable bonds is 2. The van der Waals surface area contributed by atoms with E-state index in [0.29, 0.717) is 37.8 Å². The maximum Gasteiger partial charge on any atom is 0.266 e. The molecule has 1 saturated carbocycles. The summed E-state index contributed by atoms with van der Waals surface area (Å²) in [5.74, 6) is -0.521. The van der Waals surface area contributed by atoms with Gasteiger partial charge in [0.25, 0.3) is 5.91 Å². The minimum Gasteiger partial charge on any atom is -0.388 e. The van der Waals surface area contributed by atoms with Gasteiger partial charge in [-0.1, -0.05) is 35.5 Å². The predicted molar refractivity (Wildman–Crippen MR) is 77.3 cm³/mol. The Balaban J connectivity index is 1.76. The molecule has 108 valence electrons. The Morgan fingerprint density at radius 2 is 1.90 bits per heavy atom. The normalized spacial score (nSPS) is 31.3. The highest BCUT2D eigenvalue weighted by Crippen LogP contribution is 2.47. The number of primary amides is 1. The molecule has 1 aromatic carbocycles. The van der Waals surface area contributed by atoms with Gasteiger partial charge in [-0.2, -0.15) is 5.26 Å². The van der Waals surface area contributed by atoms with E-state index in [-0.39, 0.29) is 0 Å². The van der Waals surface area contributed by atoms with E-state index in [1.54, 1.807) is 0 Å². The van der Waals surface area contributed by atoms with Crippen LogP contribution in [0.3, 0.4) is 0 Å². The fourth-order valence-electron chi connectivity index (χ4n) is 3.28. The molecule has 2 aliphatic rings. The second kappa shape index (κ2) is 4.88. The lowest BCUT2D eigenvalue weighted by atomic mass is 9.65. The smallest absolute Gasteiger partial charge is 0.266 e. The number of amides is 1. The fourth-order valence-corrected chi connectivity index (χ4v) is 3.28. The second-order valence-corrected chi connectivity index (χ2v) is 5.91. The van der Waals surface area contributed by atoms with Crippen LogP contribution in [-0.4, -0.2) is 17.2 Å². The largest absolute Gasteiger partial charge is 0.388 e. The summed E-state index contributed by atoms with van der Waals surface area (Å²) < 4.78 is 0. The van der Waals surface area contributed by atoms with E-state index in [1.807, 2.05) is 30.3 Å². The molecular formula is C16H17N3O2. The average Bonchev–Trinajstić information content (AvgIpc) is 2.94. The summed E-state index contributed by atoms with van der Waals surface area (Å²) in [6.07, 6.45) is 3.27. The van der Waals surface area contributed by atoms with Gasteiger partial charge in [-0.25, -0.2) is 0 Å². The molecule has 0 unspecified atom stereocenters. The van der Waals surface area contributed by atoms with E-state index in [0.717, 1.165) is 5.56 Å². The Hall–Kier alpha value is -2.35. The van der Waals surface area contributed by atoms with Crippen molar-refractivity contribution in [1.29, 1.82) is 5.26 Å². The molecule has 1 aromatic rings. The number of nitrogens with two attached hydrogens (primary N) is 1. The maximum atomic E-state index is 11.2. The Labute approximate surface area is 123 Å². The van der Waals surface area contributed by atoms with E-state index in [1.165, 1.54) is 0 Å². The van der Waals surface area contributed by atoms with Gasteiger partial charge in [0.15, 0.2) is 0 Å². The van der Waals surface area contributed by atoms with Crippen LogP contribution < -0.4 is 5.73 Å². The Morgan fingerprint density at radius 1 is 1.24 bits per heavy atom. The quantitative estimate of drug-likeness (QED) is 0.900. The molecule has 21 heavy (non-hydrogen) atoms. The van der Waals surface area contributed by atoms with Crippen LogP contribution >= 0.6 is 0 Å². The number of nitrogens with zero attached hydrogens (tertiary/aromatic N) is 2. The lowest BCUT2D eigenvalue weighted by Crippen LogP contribution is -2.41. The first-order valence-electron chi connectivity index (χ1n) is 7.11. The Bertz CT molecular complexity index is 623. The van der Waals surface area contributed by atoms with Gasteiger partial charge in [-0.05, 0) is 31.2 Å². The third-order valence-corrected chi connectivity index (χ3v) is 4.68. The van der Waals surface area contributed by atoms with E-state index in [4.69, 9.17) is 10.6 Å². The highest BCUT2D eigenvalue weighted by atomic mass is 16.7. The molecular weight excluding hydrogens is 266 g/mol. The van der Waals surface area contributed by atoms with Crippen molar-refractivity contribution in [1.82, 2.24) is 0 Å². The van der Waals surface area contributed by atoms with Crippen LogP contribution in [0.2, 0.25) is 0 Å². The van der Waals surface area contributed by atoms with Crippen molar-refractivity contribution in [2.45, 2.75) is 43.1 Å². The molecule has 0 aromatic heterocycles. The zero-order chi connectivity index (χ0) is 14.9. The predicted octanol–water partition coefficient (Wildman–Crippen LogP) is 2.02. The maximum absolute atomic E-state index is 11.2. The van der Waals surface area contributed by atoms with Gasteiger partial charge in [-0.15, -0.1) is 0 Å². The lowest BCUT2D eigenvalue weighted by Gasteiger charge is -2.39. The number of benzene rings is 1. The monoisotopic (exact) mass is 283 g/mol. The molecule has 0 bridgehead atoms. The molecule has 3 rings (SSSR count). The summed E-state index contributed by atoms with van der Waals surface area (Å²) in [5, 5.41) is 13.5. The van der Waals surface area contributed by atoms with Crippen LogP contribution in [0.15, 0.2) is 35.5 Å². The van der Waals surface area contributed by atoms with Crippen LogP contribution in [0.25, 0.3) is 0 Å². The molecule has 5 nitrogen and oxygen atoms in total. The molecule has 0 saturated heterocycles. The van der Waals surface area contributed by atoms with Crippen molar-refractivity contribution < 1.29 is 9.63 Å². The highest BCUT2D eigenvalue weighted by Gasteiger charge is 2.49. The molecule has 1 aliphatic heterocycles. The van der Waals surface area contributed by atoms with Crippen LogP contribution in [0.4, 0.5) is 0 Å². The van der Waals surface area contributed by atoms with Crippen molar-refractivity contribution >= 4 is 11.6 Å². The van der Waals surface area contributed by atoms with Crippen molar-refractivity contribution in [2.75, 3.05) is 0 Å². The third kappa shape index (κ3) is 2.27. The van der Waals surface area contributed by atoms with Crippen molar-refractivity contribution in [3.63, 3.8) is 0 Å². The van der Waals surface area contributed by atoms with Crippen LogP contribution in [0, 0.1) is 11.3 Å². The van der Waals surface area contributed by atoms with Gasteiger partial charge in [-0.3, -0.25) is 4.79 Å². The van der Waals surface area contributed by atoms with Crippen molar-refractivity contribution in [3.05, 3.63) is 35.9 Å². The molecule has 5 heteroatoms. The second-order valence-electron chi connectivity index (χ2n) is 5.91. The molecule has 1 amide bonds. The number of carbonyl (C=O) groups is 1. The molecule has 1 spiro atoms. The molecule has 1 fully saturated rings. The highest BCUT2D eigenvalue weighted by molar-refractivity contribution is 6.38. The molecule has 2 N–H and O–H groups in total. The zero-order valence-electron chi connectivity index (χ0n) is 11.7. The molecule has 1 aliphatic carbocycles. The number of hydrogen-bond acceptors (Lipinski definition) is 4. The first-order chi connectivity index (χ1) is 10.1. The van der Waals surface area contributed by atoms with Crippen LogP contribution in [0.5, 0.6) is 0 Å². The zero-order valence-corrected chi connectivity index (χ0v) is 11.7. The van der Waals surface area contributed by atoms with E-state index in [9.17, 15) is 10.1 Å². The number of nitriles is 1. The minimum atomic E-state index is -0.521. The third-order valence-electron chi connectivity index (χ3n) is 4.68. The molecule has 0 atom stereocenters. The van der Waals surface area contributed by atoms with Crippen LogP contribution in [0.1, 0.15) is 37.7 Å². The van der Waals surface area contributed by atoms with Gasteiger partial charge >= 0.3 is 0 Å². The summed E-state index contributed by atoms with van der Waals surface area (Å²) in [7, 11) is 0. The van der Waals surface area contributed by atoms with E-state index >= 15 is 0 Å². The summed E-state index contributed by atoms with van der Waals surface area (Å²) >= 11 is 0. The van der Waals surface area contributed by atoms with Gasteiger partial charge in [0.2, 0.25) is 0 Å². The first kappa shape index (κ1) is 13.6. The van der Waals surface area contributed by atoms with Crippen molar-refractivity contribution in [2.24, 2.45) is 10.9 Å². The van der Waals surface area contributed by atoms with Crippen molar-refractivity contribution in [3.8, 4) is 6.07 Å². The standard InChI is InChI=1S/C16H17N3O2/c17-11-15(12-4-2-1-3-5-12)6-8-16(9-7-15)10-13(14(18)20)19-21-16/h1-5H,6-10H2,(H2,18,20). The fraction of sp³-hybridized carbons (Fsp3) is 0.438. The topological polar surface area (TPSA) is 88.5 Å². The van der Waals surface area contributed by atoms with Crippen LogP contribution in [-0.2, 0) is 15.0 Å². The summed E-state index contributed by atoms with van der Waals surface area (Å²) in [5.41, 5.74) is 5.70. The van der Waals surface area contributed by atoms with E-state index < -0.39 is 16.9 Å². The Morgan fingerprint density at radius 3 is 2.43 bits per heavy atom. The van der Waals surface area contributed by atoms with Gasteiger partial charge in [0.1, 0.15) is 11.3 Å². The molecule has 1 heterocycles.